The fourth-order valence-electron chi connectivity index (χ4n) is 4.41. The quantitative estimate of drug-likeness (QED) is 0.294. The summed E-state index contributed by atoms with van der Waals surface area (Å²) < 4.78 is 36.3. The van der Waals surface area contributed by atoms with Crippen LogP contribution in [0.15, 0.2) is 92.8 Å². The Morgan fingerprint density at radius 1 is 0.722 bits per heavy atom. The summed E-state index contributed by atoms with van der Waals surface area (Å²) in [6.45, 7) is 0. The van der Waals surface area contributed by atoms with Crippen LogP contribution in [-0.2, 0) is 10.3 Å². The van der Waals surface area contributed by atoms with Gasteiger partial charge >= 0.3 is 10.3 Å². The highest BCUT2D eigenvalue weighted by molar-refractivity contribution is 7.84. The maximum absolute atomic E-state index is 12.7. The third-order valence-electron chi connectivity index (χ3n) is 5.92. The van der Waals surface area contributed by atoms with Gasteiger partial charge in [0.25, 0.3) is 0 Å². The van der Waals surface area contributed by atoms with E-state index in [1.54, 1.807) is 36.4 Å². The lowest BCUT2D eigenvalue weighted by Crippen LogP contribution is -2.12. The van der Waals surface area contributed by atoms with Crippen LogP contribution in [0.4, 0.5) is 23.3 Å². The number of benzene rings is 2. The Bertz CT molecular complexity index is 1870. The predicted octanol–water partition coefficient (Wildman–Crippen LogP) is 3.99. The van der Waals surface area contributed by atoms with Crippen LogP contribution in [0.1, 0.15) is 11.1 Å². The Morgan fingerprint density at radius 3 is 2.14 bits per heavy atom. The molecule has 5 heterocycles. The number of hydrogen-bond acceptors (Lipinski definition) is 8. The highest BCUT2D eigenvalue weighted by atomic mass is 32.2. The highest BCUT2D eigenvalue weighted by Gasteiger charge is 2.28. The highest BCUT2D eigenvalue weighted by Crippen LogP contribution is 2.40. The van der Waals surface area contributed by atoms with Gasteiger partial charge in [0.2, 0.25) is 0 Å². The van der Waals surface area contributed by atoms with Gasteiger partial charge in [0.1, 0.15) is 23.3 Å². The van der Waals surface area contributed by atoms with Crippen molar-refractivity contribution in [2.75, 3.05) is 10.6 Å². The van der Waals surface area contributed by atoms with Crippen LogP contribution in [0.2, 0.25) is 0 Å². The fourth-order valence-corrected chi connectivity index (χ4v) is 5.13. The lowest BCUT2D eigenvalue weighted by atomic mass is 10.1. The zero-order valence-electron chi connectivity index (χ0n) is 18.3. The van der Waals surface area contributed by atoms with Crippen molar-refractivity contribution in [3.63, 3.8) is 0 Å². The molecule has 7 rings (SSSR count). The van der Waals surface area contributed by atoms with E-state index in [1.165, 1.54) is 0 Å². The summed E-state index contributed by atoms with van der Waals surface area (Å²) in [5.74, 6) is 2.94. The largest absolute Gasteiger partial charge is 0.366 e. The molecule has 0 aliphatic carbocycles. The Morgan fingerprint density at radius 2 is 1.39 bits per heavy atom. The van der Waals surface area contributed by atoms with Crippen molar-refractivity contribution in [1.82, 2.24) is 8.96 Å². The first-order valence-corrected chi connectivity index (χ1v) is 12.3. The number of aromatic nitrogens is 2. The second-order valence-electron chi connectivity index (χ2n) is 8.21. The van der Waals surface area contributed by atoms with Crippen LogP contribution in [0, 0.1) is 0 Å². The summed E-state index contributed by atoms with van der Waals surface area (Å²) >= 11 is 0. The van der Waals surface area contributed by atoms with E-state index in [1.807, 2.05) is 36.4 Å². The van der Waals surface area contributed by atoms with Crippen LogP contribution in [0.3, 0.4) is 0 Å². The molecular weight excluding hydrogens is 480 g/mol. The lowest BCUT2D eigenvalue weighted by Gasteiger charge is -2.05. The molecule has 0 fully saturated rings. The van der Waals surface area contributed by atoms with E-state index in [0.717, 1.165) is 9.54 Å². The van der Waals surface area contributed by atoms with Gasteiger partial charge in [0, 0.05) is 21.9 Å². The molecule has 36 heavy (non-hydrogen) atoms. The number of fused-ring (bicyclic) bond motifs is 12. The molecule has 0 saturated carbocycles. The monoisotopic (exact) mass is 496 g/mol. The molecule has 4 N–H and O–H groups in total. The molecule has 0 spiro atoms. The van der Waals surface area contributed by atoms with Gasteiger partial charge in [-0.25, -0.2) is 20.0 Å². The SMILES string of the molecule is O=S(=O)(O)n1c2c3ccccc3c1N=C1N=C(Nc3ccc([nH]3)NC3=NC(=N2)C=C3)c2ccccc21. The topological polar surface area (TPSA) is 149 Å². The number of nitrogens with one attached hydrogen (secondary N) is 3. The van der Waals surface area contributed by atoms with Crippen LogP contribution in [0.25, 0.3) is 10.8 Å². The Balaban J connectivity index is 1.58. The van der Waals surface area contributed by atoms with Crippen molar-refractivity contribution < 1.29 is 13.0 Å². The molecule has 11 nitrogen and oxygen atoms in total. The van der Waals surface area contributed by atoms with Crippen LogP contribution in [-0.4, -0.2) is 45.3 Å². The third-order valence-corrected chi connectivity index (χ3v) is 6.73. The van der Waals surface area contributed by atoms with E-state index in [-0.39, 0.29) is 17.5 Å². The van der Waals surface area contributed by atoms with Crippen molar-refractivity contribution >= 4 is 67.7 Å². The van der Waals surface area contributed by atoms with E-state index in [4.69, 9.17) is 0 Å². The van der Waals surface area contributed by atoms with Gasteiger partial charge in [-0.2, -0.15) is 12.4 Å². The summed E-state index contributed by atoms with van der Waals surface area (Å²) in [5.41, 5.74) is 1.51. The van der Waals surface area contributed by atoms with Gasteiger partial charge in [-0.1, -0.05) is 48.5 Å². The molecule has 12 heteroatoms. The number of H-pyrrole nitrogens is 1. The average molecular weight is 497 g/mol. The van der Waals surface area contributed by atoms with E-state index in [2.05, 4.69) is 35.6 Å². The normalized spacial score (nSPS) is 16.0. The molecule has 0 saturated heterocycles. The van der Waals surface area contributed by atoms with E-state index in [9.17, 15) is 13.0 Å². The maximum atomic E-state index is 12.7. The number of amidine groups is 4. The maximum Gasteiger partial charge on any atom is 0.366 e. The van der Waals surface area contributed by atoms with Crippen molar-refractivity contribution in [3.05, 3.63) is 83.9 Å². The Labute approximate surface area is 204 Å². The molecule has 3 aliphatic rings. The van der Waals surface area contributed by atoms with Crippen LogP contribution in [0.5, 0.6) is 0 Å². The van der Waals surface area contributed by atoms with Gasteiger partial charge < -0.3 is 15.6 Å². The number of hydrogen-bond donors (Lipinski definition) is 4. The number of nitrogens with zero attached hydrogens (tertiary/aromatic N) is 5. The zero-order chi connectivity index (χ0) is 24.4. The van der Waals surface area contributed by atoms with E-state index >= 15 is 0 Å². The van der Waals surface area contributed by atoms with E-state index in [0.29, 0.717) is 45.5 Å². The fraction of sp³-hybridized carbons (Fsp3) is 0. The van der Waals surface area contributed by atoms with Gasteiger partial charge in [0.15, 0.2) is 23.3 Å². The molecule has 4 aromatic rings. The molecule has 0 unspecified atom stereocenters. The number of anilines is 2. The minimum Gasteiger partial charge on any atom is -0.328 e. The molecule has 2 aromatic carbocycles. The zero-order valence-corrected chi connectivity index (χ0v) is 19.2. The Hall–Kier alpha value is -4.81. The molecule has 2 aromatic heterocycles. The molecule has 0 amide bonds. The summed E-state index contributed by atoms with van der Waals surface area (Å²) in [6.07, 6.45) is 3.37. The van der Waals surface area contributed by atoms with Crippen molar-refractivity contribution in [1.29, 1.82) is 0 Å². The first-order chi connectivity index (χ1) is 17.4. The predicted molar refractivity (Wildman–Crippen MR) is 140 cm³/mol. The van der Waals surface area contributed by atoms with Gasteiger partial charge in [-0.3, -0.25) is 4.55 Å². The first-order valence-electron chi connectivity index (χ1n) is 10.9. The van der Waals surface area contributed by atoms with Gasteiger partial charge in [-0.05, 0) is 24.3 Å². The van der Waals surface area contributed by atoms with Crippen molar-refractivity contribution in [2.24, 2.45) is 20.0 Å². The molecule has 0 radical (unpaired) electrons. The molecular formula is C24H16N8O3S. The lowest BCUT2D eigenvalue weighted by molar-refractivity contribution is 0.474. The number of aliphatic imine (C=N–C) groups is 4. The smallest absolute Gasteiger partial charge is 0.328 e. The molecule has 176 valence electrons. The molecule has 0 atom stereocenters. The van der Waals surface area contributed by atoms with Crippen molar-refractivity contribution in [3.8, 4) is 0 Å². The van der Waals surface area contributed by atoms with Gasteiger partial charge in [0.05, 0.1) is 0 Å². The number of aromatic amines is 1. The molecule has 8 bridgehead atoms. The second kappa shape index (κ2) is 7.34. The summed E-state index contributed by atoms with van der Waals surface area (Å²) in [4.78, 5) is 21.5. The number of rotatable bonds is 1. The summed E-state index contributed by atoms with van der Waals surface area (Å²) in [5, 5.41) is 7.41. The van der Waals surface area contributed by atoms with Gasteiger partial charge in [-0.15, -0.1) is 0 Å². The Kier molecular flexibility index (Phi) is 4.19. The summed E-state index contributed by atoms with van der Waals surface area (Å²) in [6, 6.07) is 18.2. The minimum absolute atomic E-state index is 0.0131. The third kappa shape index (κ3) is 3.20. The second-order valence-corrected chi connectivity index (χ2v) is 9.47. The van der Waals surface area contributed by atoms with Crippen LogP contribution >= 0.6 is 0 Å². The first kappa shape index (κ1) is 20.6. The van der Waals surface area contributed by atoms with Crippen LogP contribution < -0.4 is 10.6 Å². The molecule has 3 aliphatic heterocycles. The standard InChI is InChI=1S/C24H16N8O3S/c33-36(34,35)32-23-15-7-3-4-8-16(15)24(32)31-22-14-6-2-1-5-13(14)21(30-22)28-19-11-9-17(26-19)25-18-10-12-20(27-18)29-23/h1-12H,(H,33,34,35)(H3,25,26,27,28,29,30,31). The minimum atomic E-state index is -4.80. The van der Waals surface area contributed by atoms with E-state index < -0.39 is 10.3 Å². The van der Waals surface area contributed by atoms with Crippen molar-refractivity contribution in [2.45, 2.75) is 0 Å². The summed E-state index contributed by atoms with van der Waals surface area (Å²) in [7, 11) is -4.80. The average Bonchev–Trinajstić information content (AvgIpc) is 3.62.